The summed E-state index contributed by atoms with van der Waals surface area (Å²) in [6.45, 7) is 6.82. The van der Waals surface area contributed by atoms with Crippen molar-refractivity contribution >= 4 is 0 Å². The summed E-state index contributed by atoms with van der Waals surface area (Å²) in [4.78, 5) is 5.42. The van der Waals surface area contributed by atoms with Crippen LogP contribution in [0.1, 0.15) is 57.8 Å². The molecule has 2 rings (SSSR count). The van der Waals surface area contributed by atoms with Gasteiger partial charge in [0.25, 0.3) is 0 Å². The van der Waals surface area contributed by atoms with E-state index in [-0.39, 0.29) is 0 Å². The van der Waals surface area contributed by atoms with Crippen molar-refractivity contribution in [3.8, 4) is 0 Å². The summed E-state index contributed by atoms with van der Waals surface area (Å²) >= 11 is 0. The second-order valence-electron chi connectivity index (χ2n) is 6.31. The molecule has 1 saturated heterocycles. The molecule has 0 unspecified atom stereocenters. The van der Waals surface area contributed by atoms with Gasteiger partial charge in [-0.25, -0.2) is 0 Å². The van der Waals surface area contributed by atoms with Gasteiger partial charge < -0.3 is 10.0 Å². The van der Waals surface area contributed by atoms with Crippen molar-refractivity contribution in [2.45, 2.75) is 63.8 Å². The van der Waals surface area contributed by atoms with E-state index in [1.807, 2.05) is 0 Å². The van der Waals surface area contributed by atoms with Gasteiger partial charge in [-0.05, 0) is 51.7 Å². The number of aliphatic hydroxyl groups excluding tert-OH is 1. The molecule has 0 aromatic carbocycles. The summed E-state index contributed by atoms with van der Waals surface area (Å²) in [6.07, 6.45) is 11.9. The van der Waals surface area contributed by atoms with E-state index in [1.54, 1.807) is 0 Å². The predicted molar refractivity (Wildman–Crippen MR) is 80.4 cm³/mol. The Hall–Kier alpha value is -0.120. The second kappa shape index (κ2) is 8.93. The van der Waals surface area contributed by atoms with Crippen molar-refractivity contribution in [1.29, 1.82) is 0 Å². The number of hydrogen-bond donors (Lipinski definition) is 1. The molecule has 0 radical (unpaired) electrons. The second-order valence-corrected chi connectivity index (χ2v) is 6.31. The van der Waals surface area contributed by atoms with Crippen LogP contribution in [0.15, 0.2) is 0 Å². The Kier molecular flexibility index (Phi) is 7.18. The molecule has 1 saturated carbocycles. The monoisotopic (exact) mass is 268 g/mol. The van der Waals surface area contributed by atoms with Crippen molar-refractivity contribution in [2.24, 2.45) is 0 Å². The highest BCUT2D eigenvalue weighted by Crippen LogP contribution is 2.24. The molecule has 0 aromatic rings. The number of unbranched alkanes of at least 4 members (excludes halogenated alkanes) is 3. The quantitative estimate of drug-likeness (QED) is 0.719. The van der Waals surface area contributed by atoms with E-state index in [1.165, 1.54) is 84.1 Å². The molecule has 1 aliphatic carbocycles. The third kappa shape index (κ3) is 5.41. The lowest BCUT2D eigenvalue weighted by atomic mass is 10.2. The van der Waals surface area contributed by atoms with Crippen molar-refractivity contribution in [3.63, 3.8) is 0 Å². The van der Waals surface area contributed by atoms with Crippen molar-refractivity contribution < 1.29 is 5.11 Å². The number of aliphatic hydroxyl groups is 1. The molecule has 0 aromatic heterocycles. The van der Waals surface area contributed by atoms with Crippen molar-refractivity contribution in [3.05, 3.63) is 0 Å². The zero-order valence-corrected chi connectivity index (χ0v) is 12.5. The van der Waals surface area contributed by atoms with Gasteiger partial charge in [0, 0.05) is 25.7 Å². The maximum atomic E-state index is 8.77. The highest BCUT2D eigenvalue weighted by molar-refractivity contribution is 4.80. The molecule has 2 aliphatic rings. The normalized spacial score (nSPS) is 23.8. The van der Waals surface area contributed by atoms with Gasteiger partial charge in [-0.15, -0.1) is 0 Å². The Labute approximate surface area is 119 Å². The maximum Gasteiger partial charge on any atom is 0.0431 e. The third-order valence-electron chi connectivity index (χ3n) is 4.85. The molecular weight excluding hydrogens is 236 g/mol. The molecule has 19 heavy (non-hydrogen) atoms. The summed E-state index contributed by atoms with van der Waals surface area (Å²) in [7, 11) is 0. The van der Waals surface area contributed by atoms with Crippen LogP contribution in [-0.4, -0.2) is 60.3 Å². The maximum absolute atomic E-state index is 8.77. The van der Waals surface area contributed by atoms with E-state index < -0.39 is 0 Å². The Balaban J connectivity index is 1.59. The van der Waals surface area contributed by atoms with Crippen LogP contribution in [0.4, 0.5) is 0 Å². The van der Waals surface area contributed by atoms with Gasteiger partial charge in [0.15, 0.2) is 0 Å². The molecule has 1 N–H and O–H groups in total. The average Bonchev–Trinajstić information content (AvgIpc) is 2.86. The van der Waals surface area contributed by atoms with Crippen molar-refractivity contribution in [2.75, 3.05) is 39.3 Å². The van der Waals surface area contributed by atoms with E-state index in [4.69, 9.17) is 5.11 Å². The SMILES string of the molecule is OCCCCCCN1CCCN(C2CCCC2)CC1. The van der Waals surface area contributed by atoms with E-state index in [0.29, 0.717) is 6.61 Å². The van der Waals surface area contributed by atoms with Crippen LogP contribution < -0.4 is 0 Å². The average molecular weight is 268 g/mol. The molecule has 0 amide bonds. The number of hydrogen-bond acceptors (Lipinski definition) is 3. The van der Waals surface area contributed by atoms with E-state index in [0.717, 1.165) is 12.5 Å². The summed E-state index contributed by atoms with van der Waals surface area (Å²) in [5.74, 6) is 0. The van der Waals surface area contributed by atoms with Gasteiger partial charge in [0.05, 0.1) is 0 Å². The Bertz CT molecular complexity index is 229. The van der Waals surface area contributed by atoms with Crippen LogP contribution in [0.5, 0.6) is 0 Å². The van der Waals surface area contributed by atoms with Crippen LogP contribution in [0.25, 0.3) is 0 Å². The van der Waals surface area contributed by atoms with Gasteiger partial charge in [0.1, 0.15) is 0 Å². The zero-order valence-electron chi connectivity index (χ0n) is 12.5. The van der Waals surface area contributed by atoms with Gasteiger partial charge in [-0.2, -0.15) is 0 Å². The molecule has 0 bridgehead atoms. The fourth-order valence-corrected chi connectivity index (χ4v) is 3.65. The molecule has 1 heterocycles. The van der Waals surface area contributed by atoms with Gasteiger partial charge in [-0.3, -0.25) is 4.90 Å². The highest BCUT2D eigenvalue weighted by atomic mass is 16.2. The lowest BCUT2D eigenvalue weighted by molar-refractivity contribution is 0.199. The highest BCUT2D eigenvalue weighted by Gasteiger charge is 2.24. The standard InChI is InChI=1S/C16H32N2O/c19-15-6-2-1-5-10-17-11-7-12-18(14-13-17)16-8-3-4-9-16/h16,19H,1-15H2. The van der Waals surface area contributed by atoms with E-state index in [2.05, 4.69) is 9.80 Å². The van der Waals surface area contributed by atoms with Crippen LogP contribution in [0.3, 0.4) is 0 Å². The number of rotatable bonds is 7. The molecule has 0 atom stereocenters. The third-order valence-corrected chi connectivity index (χ3v) is 4.85. The van der Waals surface area contributed by atoms with Gasteiger partial charge >= 0.3 is 0 Å². The van der Waals surface area contributed by atoms with Crippen LogP contribution in [0, 0.1) is 0 Å². The summed E-state index contributed by atoms with van der Waals surface area (Å²) in [5.41, 5.74) is 0. The molecule has 112 valence electrons. The molecule has 1 aliphatic heterocycles. The molecule has 0 spiro atoms. The first-order valence-corrected chi connectivity index (χ1v) is 8.47. The first kappa shape index (κ1) is 15.3. The Morgan fingerprint density at radius 1 is 0.789 bits per heavy atom. The minimum Gasteiger partial charge on any atom is -0.396 e. The molecular formula is C16H32N2O. The van der Waals surface area contributed by atoms with Crippen LogP contribution >= 0.6 is 0 Å². The first-order valence-electron chi connectivity index (χ1n) is 8.47. The first-order chi connectivity index (χ1) is 9.40. The molecule has 2 fully saturated rings. The Morgan fingerprint density at radius 2 is 1.58 bits per heavy atom. The van der Waals surface area contributed by atoms with Crippen LogP contribution in [0.2, 0.25) is 0 Å². The lowest BCUT2D eigenvalue weighted by Gasteiger charge is -2.27. The van der Waals surface area contributed by atoms with Gasteiger partial charge in [0.2, 0.25) is 0 Å². The zero-order chi connectivity index (χ0) is 13.3. The summed E-state index contributed by atoms with van der Waals surface area (Å²) in [6, 6.07) is 0.907. The number of nitrogens with zero attached hydrogens (tertiary/aromatic N) is 2. The summed E-state index contributed by atoms with van der Waals surface area (Å²) < 4.78 is 0. The minimum atomic E-state index is 0.361. The fourth-order valence-electron chi connectivity index (χ4n) is 3.65. The molecule has 3 nitrogen and oxygen atoms in total. The largest absolute Gasteiger partial charge is 0.396 e. The minimum absolute atomic E-state index is 0.361. The molecule has 3 heteroatoms. The lowest BCUT2D eigenvalue weighted by Crippen LogP contribution is -2.37. The van der Waals surface area contributed by atoms with Crippen LogP contribution in [-0.2, 0) is 0 Å². The van der Waals surface area contributed by atoms with Crippen molar-refractivity contribution in [1.82, 2.24) is 9.80 Å². The van der Waals surface area contributed by atoms with Gasteiger partial charge in [-0.1, -0.05) is 25.7 Å². The van der Waals surface area contributed by atoms with E-state index >= 15 is 0 Å². The smallest absolute Gasteiger partial charge is 0.0431 e. The topological polar surface area (TPSA) is 26.7 Å². The predicted octanol–water partition coefficient (Wildman–Crippen LogP) is 2.49. The summed E-state index contributed by atoms with van der Waals surface area (Å²) in [5, 5.41) is 8.77. The van der Waals surface area contributed by atoms with E-state index in [9.17, 15) is 0 Å². The fraction of sp³-hybridized carbons (Fsp3) is 1.00. The Morgan fingerprint density at radius 3 is 2.37 bits per heavy atom.